The molecular weight excluding hydrogens is 276 g/mol. The molecule has 2 bridgehead atoms. The minimum atomic E-state index is -0.116. The van der Waals surface area contributed by atoms with Gasteiger partial charge in [0, 0.05) is 5.56 Å². The summed E-state index contributed by atoms with van der Waals surface area (Å²) in [6.07, 6.45) is 7.55. The van der Waals surface area contributed by atoms with Gasteiger partial charge in [-0.15, -0.1) is 0 Å². The van der Waals surface area contributed by atoms with E-state index in [-0.39, 0.29) is 17.3 Å². The number of methoxy groups -OCH3 is 1. The minimum absolute atomic E-state index is 0.112. The average molecular weight is 296 g/mol. The summed E-state index contributed by atoms with van der Waals surface area (Å²) in [5, 5.41) is 10.3. The molecule has 22 heavy (non-hydrogen) atoms. The quantitative estimate of drug-likeness (QED) is 0.862. The number of hydrogen-bond donors (Lipinski definition) is 1. The number of hydrogen-bond acceptors (Lipinski definition) is 3. The summed E-state index contributed by atoms with van der Waals surface area (Å²) in [5.74, 6) is 3.10. The third kappa shape index (κ3) is 1.21. The molecule has 114 valence electrons. The van der Waals surface area contributed by atoms with Crippen molar-refractivity contribution in [1.29, 1.82) is 0 Å². The zero-order valence-electron chi connectivity index (χ0n) is 12.9. The van der Waals surface area contributed by atoms with Gasteiger partial charge in [0.15, 0.2) is 17.6 Å². The van der Waals surface area contributed by atoms with E-state index in [0.29, 0.717) is 17.6 Å². The predicted octanol–water partition coefficient (Wildman–Crippen LogP) is 3.46. The maximum atomic E-state index is 10.3. The van der Waals surface area contributed by atoms with Gasteiger partial charge in [-0.2, -0.15) is 0 Å². The first kappa shape index (κ1) is 12.6. The Kier molecular flexibility index (Phi) is 2.23. The number of phenols is 1. The lowest BCUT2D eigenvalue weighted by molar-refractivity contribution is 0.0839. The smallest absolute Gasteiger partial charge is 0.169 e. The van der Waals surface area contributed by atoms with Crippen LogP contribution in [0, 0.1) is 11.8 Å². The molecule has 1 aliphatic heterocycles. The molecule has 1 fully saturated rings. The van der Waals surface area contributed by atoms with Crippen molar-refractivity contribution in [2.75, 3.05) is 7.11 Å². The molecular formula is C19H20O3. The van der Waals surface area contributed by atoms with Crippen molar-refractivity contribution < 1.29 is 14.6 Å². The molecule has 3 heteroatoms. The Morgan fingerprint density at radius 2 is 2.18 bits per heavy atom. The molecule has 4 atom stereocenters. The van der Waals surface area contributed by atoms with Gasteiger partial charge in [0.05, 0.1) is 12.5 Å². The molecule has 1 spiro atoms. The van der Waals surface area contributed by atoms with E-state index in [1.807, 2.05) is 0 Å². The van der Waals surface area contributed by atoms with Crippen LogP contribution in [0.1, 0.15) is 30.9 Å². The lowest BCUT2D eigenvalue weighted by Gasteiger charge is -2.51. The van der Waals surface area contributed by atoms with Crippen LogP contribution in [0.25, 0.3) is 0 Å². The van der Waals surface area contributed by atoms with Gasteiger partial charge in [-0.05, 0) is 48.8 Å². The molecule has 0 saturated heterocycles. The molecule has 5 rings (SSSR count). The fourth-order valence-electron chi connectivity index (χ4n) is 5.29. The first-order chi connectivity index (χ1) is 10.7. The van der Waals surface area contributed by atoms with Gasteiger partial charge < -0.3 is 14.6 Å². The van der Waals surface area contributed by atoms with Crippen LogP contribution in [-0.4, -0.2) is 18.3 Å². The summed E-state index contributed by atoms with van der Waals surface area (Å²) in [7, 11) is 1.71. The fraction of sp³-hybridized carbons (Fsp3) is 0.474. The lowest BCUT2D eigenvalue weighted by atomic mass is 9.51. The van der Waals surface area contributed by atoms with Crippen LogP contribution in [0.15, 0.2) is 35.6 Å². The number of ether oxygens (including phenoxy) is 2. The number of benzene rings is 1. The van der Waals surface area contributed by atoms with Crippen molar-refractivity contribution >= 4 is 0 Å². The van der Waals surface area contributed by atoms with Gasteiger partial charge >= 0.3 is 0 Å². The summed E-state index contributed by atoms with van der Waals surface area (Å²) < 4.78 is 11.9. The van der Waals surface area contributed by atoms with E-state index >= 15 is 0 Å². The Labute approximate surface area is 130 Å². The summed E-state index contributed by atoms with van der Waals surface area (Å²) in [6, 6.07) is 3.88. The van der Waals surface area contributed by atoms with E-state index in [9.17, 15) is 5.11 Å². The van der Waals surface area contributed by atoms with Crippen molar-refractivity contribution in [1.82, 2.24) is 0 Å². The normalized spacial score (nSPS) is 36.9. The Morgan fingerprint density at radius 3 is 3.00 bits per heavy atom. The molecule has 4 aliphatic rings. The number of allylic oxidation sites excluding steroid dienone is 2. The molecule has 3 aliphatic carbocycles. The molecule has 1 N–H and O–H groups in total. The SMILES string of the molecule is COC1=CC=C2[C@H]3Cc4ccc(O)c5c4[C@@]2(CCC3C)[C@H]1O5. The van der Waals surface area contributed by atoms with Gasteiger partial charge in [0.25, 0.3) is 0 Å². The first-order valence-electron chi connectivity index (χ1n) is 8.15. The van der Waals surface area contributed by atoms with E-state index in [4.69, 9.17) is 9.47 Å². The maximum absolute atomic E-state index is 10.3. The first-order valence-corrected chi connectivity index (χ1v) is 8.15. The maximum Gasteiger partial charge on any atom is 0.169 e. The second kappa shape index (κ2) is 3.89. The van der Waals surface area contributed by atoms with E-state index in [1.54, 1.807) is 13.2 Å². The van der Waals surface area contributed by atoms with E-state index in [2.05, 4.69) is 25.1 Å². The summed E-state index contributed by atoms with van der Waals surface area (Å²) in [6.45, 7) is 2.37. The zero-order valence-corrected chi connectivity index (χ0v) is 12.9. The largest absolute Gasteiger partial charge is 0.504 e. The molecule has 1 aromatic rings. The van der Waals surface area contributed by atoms with Crippen molar-refractivity contribution in [2.24, 2.45) is 11.8 Å². The third-order valence-corrected chi connectivity index (χ3v) is 6.31. The Hall–Kier alpha value is -1.90. The van der Waals surface area contributed by atoms with Crippen LogP contribution in [0.4, 0.5) is 0 Å². The highest BCUT2D eigenvalue weighted by atomic mass is 16.5. The molecule has 1 saturated carbocycles. The van der Waals surface area contributed by atoms with Crippen molar-refractivity contribution in [3.8, 4) is 11.5 Å². The highest BCUT2D eigenvalue weighted by Crippen LogP contribution is 2.65. The summed E-state index contributed by atoms with van der Waals surface area (Å²) >= 11 is 0. The standard InChI is InChI=1S/C19H20O3/c1-10-7-8-19-13-4-6-15(21-2)18(19)22-17-14(20)5-3-11(16(17)19)9-12(10)13/h3-6,10,12,18,20H,7-9H2,1-2H3/t10?,12-,18-,19-/m0/s1. The fourth-order valence-corrected chi connectivity index (χ4v) is 5.29. The molecule has 1 aromatic carbocycles. The number of phenolic OH excluding ortho intramolecular Hbond substituents is 1. The van der Waals surface area contributed by atoms with Crippen LogP contribution in [0.2, 0.25) is 0 Å². The zero-order chi connectivity index (χ0) is 15.1. The van der Waals surface area contributed by atoms with Gasteiger partial charge in [0.1, 0.15) is 5.76 Å². The topological polar surface area (TPSA) is 38.7 Å². The highest BCUT2D eigenvalue weighted by molar-refractivity contribution is 5.66. The van der Waals surface area contributed by atoms with Gasteiger partial charge in [-0.25, -0.2) is 0 Å². The van der Waals surface area contributed by atoms with Crippen LogP contribution in [0.3, 0.4) is 0 Å². The highest BCUT2D eigenvalue weighted by Gasteiger charge is 2.61. The average Bonchev–Trinajstić information content (AvgIpc) is 2.88. The van der Waals surface area contributed by atoms with E-state index in [1.165, 1.54) is 23.1 Å². The van der Waals surface area contributed by atoms with Crippen LogP contribution in [0.5, 0.6) is 11.5 Å². The molecule has 0 radical (unpaired) electrons. The molecule has 1 heterocycles. The van der Waals surface area contributed by atoms with Crippen molar-refractivity contribution in [3.05, 3.63) is 46.7 Å². The molecule has 0 amide bonds. The molecule has 3 nitrogen and oxygen atoms in total. The Balaban J connectivity index is 1.86. The Bertz CT molecular complexity index is 745. The summed E-state index contributed by atoms with van der Waals surface area (Å²) in [4.78, 5) is 0. The van der Waals surface area contributed by atoms with E-state index < -0.39 is 0 Å². The van der Waals surface area contributed by atoms with Crippen LogP contribution >= 0.6 is 0 Å². The minimum Gasteiger partial charge on any atom is -0.504 e. The van der Waals surface area contributed by atoms with Crippen molar-refractivity contribution in [3.63, 3.8) is 0 Å². The van der Waals surface area contributed by atoms with E-state index in [0.717, 1.165) is 18.6 Å². The number of rotatable bonds is 1. The van der Waals surface area contributed by atoms with Crippen LogP contribution < -0.4 is 4.74 Å². The Morgan fingerprint density at radius 1 is 1.32 bits per heavy atom. The second-order valence-corrected chi connectivity index (χ2v) is 7.14. The van der Waals surface area contributed by atoms with Crippen molar-refractivity contribution in [2.45, 2.75) is 37.7 Å². The van der Waals surface area contributed by atoms with Gasteiger partial charge in [0.2, 0.25) is 0 Å². The monoisotopic (exact) mass is 296 g/mol. The number of aromatic hydroxyl groups is 1. The molecule has 0 aromatic heterocycles. The molecule has 1 unspecified atom stereocenters. The van der Waals surface area contributed by atoms with Crippen LogP contribution in [-0.2, 0) is 16.6 Å². The van der Waals surface area contributed by atoms with Gasteiger partial charge in [-0.1, -0.05) is 24.6 Å². The summed E-state index contributed by atoms with van der Waals surface area (Å²) in [5.41, 5.74) is 3.96. The third-order valence-electron chi connectivity index (χ3n) is 6.31. The second-order valence-electron chi connectivity index (χ2n) is 7.14. The van der Waals surface area contributed by atoms with Gasteiger partial charge in [-0.3, -0.25) is 0 Å². The predicted molar refractivity (Wildman–Crippen MR) is 83.0 cm³/mol. The lowest BCUT2D eigenvalue weighted by Crippen LogP contribution is -2.51.